The molecule has 1 amide bonds. The summed E-state index contributed by atoms with van der Waals surface area (Å²) in [5.74, 6) is -0.00833. The zero-order chi connectivity index (χ0) is 10.6. The standard InChI is InChI=1S/C10H21NO2/c1-7(2)5-10(13,8(3)4)6-9(11)12/h7-8,13H,5-6H2,1-4H3,(H2,11,12). The average Bonchev–Trinajstić information content (AvgIpc) is 1.82. The molecule has 0 aromatic rings. The molecule has 13 heavy (non-hydrogen) atoms. The highest BCUT2D eigenvalue weighted by Crippen LogP contribution is 2.28. The largest absolute Gasteiger partial charge is 0.389 e. The van der Waals surface area contributed by atoms with Crippen LogP contribution < -0.4 is 5.73 Å². The Morgan fingerprint density at radius 3 is 2.08 bits per heavy atom. The van der Waals surface area contributed by atoms with Crippen molar-refractivity contribution in [3.63, 3.8) is 0 Å². The lowest BCUT2D eigenvalue weighted by atomic mass is 9.80. The quantitative estimate of drug-likeness (QED) is 0.681. The number of nitrogens with two attached hydrogens (primary N) is 1. The van der Waals surface area contributed by atoms with Crippen LogP contribution in [0.5, 0.6) is 0 Å². The molecule has 0 aliphatic carbocycles. The molecule has 0 rings (SSSR count). The van der Waals surface area contributed by atoms with E-state index in [-0.39, 0.29) is 12.3 Å². The predicted molar refractivity (Wildman–Crippen MR) is 53.1 cm³/mol. The first-order chi connectivity index (χ1) is 5.78. The maximum absolute atomic E-state index is 10.8. The fourth-order valence-electron chi connectivity index (χ4n) is 1.52. The van der Waals surface area contributed by atoms with Crippen LogP contribution in [0.25, 0.3) is 0 Å². The maximum atomic E-state index is 10.8. The highest BCUT2D eigenvalue weighted by molar-refractivity contribution is 5.74. The SMILES string of the molecule is CC(C)CC(O)(CC(N)=O)C(C)C. The van der Waals surface area contributed by atoms with Crippen LogP contribution in [0.3, 0.4) is 0 Å². The first kappa shape index (κ1) is 12.4. The number of carbonyl (C=O) groups excluding carboxylic acids is 1. The van der Waals surface area contributed by atoms with Gasteiger partial charge >= 0.3 is 0 Å². The summed E-state index contributed by atoms with van der Waals surface area (Å²) in [5, 5.41) is 10.1. The number of rotatable bonds is 5. The van der Waals surface area contributed by atoms with Crippen LogP contribution in [0, 0.1) is 11.8 Å². The van der Waals surface area contributed by atoms with E-state index in [1.807, 2.05) is 27.7 Å². The van der Waals surface area contributed by atoms with Gasteiger partial charge in [-0.15, -0.1) is 0 Å². The topological polar surface area (TPSA) is 63.3 Å². The molecule has 0 spiro atoms. The molecule has 0 saturated carbocycles. The number of carbonyl (C=O) groups is 1. The second-order valence-electron chi connectivity index (χ2n) is 4.50. The Morgan fingerprint density at radius 2 is 1.85 bits per heavy atom. The Bertz CT molecular complexity index is 178. The lowest BCUT2D eigenvalue weighted by molar-refractivity contribution is -0.126. The molecule has 0 heterocycles. The minimum atomic E-state index is -0.931. The summed E-state index contributed by atoms with van der Waals surface area (Å²) in [4.78, 5) is 10.8. The van der Waals surface area contributed by atoms with Gasteiger partial charge in [0.1, 0.15) is 0 Å². The predicted octanol–water partition coefficient (Wildman–Crippen LogP) is 1.30. The van der Waals surface area contributed by atoms with Crippen molar-refractivity contribution < 1.29 is 9.90 Å². The lowest BCUT2D eigenvalue weighted by Gasteiger charge is -2.32. The fraction of sp³-hybridized carbons (Fsp3) is 0.900. The van der Waals surface area contributed by atoms with Crippen molar-refractivity contribution in [3.8, 4) is 0 Å². The molecule has 0 saturated heterocycles. The molecule has 0 fully saturated rings. The van der Waals surface area contributed by atoms with Gasteiger partial charge in [0.05, 0.1) is 12.0 Å². The number of amides is 1. The molecule has 1 unspecified atom stereocenters. The van der Waals surface area contributed by atoms with Crippen LogP contribution in [0.1, 0.15) is 40.5 Å². The van der Waals surface area contributed by atoms with Crippen molar-refractivity contribution in [1.29, 1.82) is 0 Å². The van der Waals surface area contributed by atoms with Crippen LogP contribution in [0.2, 0.25) is 0 Å². The van der Waals surface area contributed by atoms with Crippen molar-refractivity contribution in [3.05, 3.63) is 0 Å². The molecule has 3 N–H and O–H groups in total. The van der Waals surface area contributed by atoms with E-state index in [9.17, 15) is 9.90 Å². The Morgan fingerprint density at radius 1 is 1.38 bits per heavy atom. The second-order valence-corrected chi connectivity index (χ2v) is 4.50. The average molecular weight is 187 g/mol. The van der Waals surface area contributed by atoms with Gasteiger partial charge in [0.15, 0.2) is 0 Å². The van der Waals surface area contributed by atoms with Gasteiger partial charge in [0.2, 0.25) is 5.91 Å². The van der Waals surface area contributed by atoms with E-state index in [0.717, 1.165) is 0 Å². The summed E-state index contributed by atoms with van der Waals surface area (Å²) in [5.41, 5.74) is 4.16. The Hall–Kier alpha value is -0.570. The maximum Gasteiger partial charge on any atom is 0.220 e. The highest BCUT2D eigenvalue weighted by atomic mass is 16.3. The van der Waals surface area contributed by atoms with Gasteiger partial charge < -0.3 is 10.8 Å². The third-order valence-electron chi connectivity index (χ3n) is 2.32. The van der Waals surface area contributed by atoms with E-state index in [4.69, 9.17) is 5.73 Å². The van der Waals surface area contributed by atoms with Crippen LogP contribution in [-0.2, 0) is 4.79 Å². The van der Waals surface area contributed by atoms with Gasteiger partial charge in [0, 0.05) is 0 Å². The van der Waals surface area contributed by atoms with E-state index in [1.54, 1.807) is 0 Å². The van der Waals surface area contributed by atoms with Gasteiger partial charge in [-0.2, -0.15) is 0 Å². The molecule has 1 atom stereocenters. The molecule has 3 heteroatoms. The van der Waals surface area contributed by atoms with E-state index in [1.165, 1.54) is 0 Å². The summed E-state index contributed by atoms with van der Waals surface area (Å²) < 4.78 is 0. The molecule has 0 aliphatic heterocycles. The zero-order valence-electron chi connectivity index (χ0n) is 9.00. The summed E-state index contributed by atoms with van der Waals surface area (Å²) in [6.07, 6.45) is 0.677. The molecule has 3 nitrogen and oxygen atoms in total. The minimum Gasteiger partial charge on any atom is -0.389 e. The normalized spacial score (nSPS) is 16.2. The van der Waals surface area contributed by atoms with Crippen molar-refractivity contribution in [1.82, 2.24) is 0 Å². The summed E-state index contributed by atoms with van der Waals surface area (Å²) in [7, 11) is 0. The van der Waals surface area contributed by atoms with Crippen molar-refractivity contribution in [2.45, 2.75) is 46.1 Å². The Balaban J connectivity index is 4.43. The highest BCUT2D eigenvalue weighted by Gasteiger charge is 2.33. The van der Waals surface area contributed by atoms with Gasteiger partial charge in [-0.3, -0.25) is 4.79 Å². The van der Waals surface area contributed by atoms with Crippen LogP contribution in [0.15, 0.2) is 0 Å². The van der Waals surface area contributed by atoms with Crippen LogP contribution >= 0.6 is 0 Å². The Labute approximate surface area is 80.3 Å². The van der Waals surface area contributed by atoms with Crippen LogP contribution in [0.4, 0.5) is 0 Å². The smallest absolute Gasteiger partial charge is 0.220 e. The van der Waals surface area contributed by atoms with Crippen molar-refractivity contribution in [2.24, 2.45) is 17.6 Å². The lowest BCUT2D eigenvalue weighted by Crippen LogP contribution is -2.40. The van der Waals surface area contributed by atoms with Gasteiger partial charge in [0.25, 0.3) is 0 Å². The van der Waals surface area contributed by atoms with Crippen molar-refractivity contribution in [2.75, 3.05) is 0 Å². The van der Waals surface area contributed by atoms with Gasteiger partial charge in [-0.25, -0.2) is 0 Å². The number of primary amides is 1. The fourth-order valence-corrected chi connectivity index (χ4v) is 1.52. The van der Waals surface area contributed by atoms with E-state index in [0.29, 0.717) is 12.3 Å². The summed E-state index contributed by atoms with van der Waals surface area (Å²) in [6.45, 7) is 7.86. The monoisotopic (exact) mass is 187 g/mol. The number of hydrogen-bond donors (Lipinski definition) is 2. The Kier molecular flexibility index (Phi) is 4.40. The molecule has 0 aromatic heterocycles. The molecule has 0 aliphatic rings. The number of hydrogen-bond acceptors (Lipinski definition) is 2. The summed E-state index contributed by atoms with van der Waals surface area (Å²) >= 11 is 0. The van der Waals surface area contributed by atoms with E-state index >= 15 is 0 Å². The molecular weight excluding hydrogens is 166 g/mol. The molecular formula is C10H21NO2. The molecule has 0 bridgehead atoms. The third kappa shape index (κ3) is 4.27. The minimum absolute atomic E-state index is 0.0578. The van der Waals surface area contributed by atoms with Gasteiger partial charge in [-0.1, -0.05) is 27.7 Å². The molecule has 0 aromatic carbocycles. The second kappa shape index (κ2) is 4.61. The third-order valence-corrected chi connectivity index (χ3v) is 2.32. The molecule has 0 radical (unpaired) electrons. The van der Waals surface area contributed by atoms with E-state index in [2.05, 4.69) is 0 Å². The summed E-state index contributed by atoms with van der Waals surface area (Å²) in [6, 6.07) is 0. The van der Waals surface area contributed by atoms with Crippen molar-refractivity contribution >= 4 is 5.91 Å². The van der Waals surface area contributed by atoms with E-state index < -0.39 is 11.5 Å². The van der Waals surface area contributed by atoms with Crippen LogP contribution in [-0.4, -0.2) is 16.6 Å². The van der Waals surface area contributed by atoms with Gasteiger partial charge in [-0.05, 0) is 18.3 Å². The molecule has 78 valence electrons. The zero-order valence-corrected chi connectivity index (χ0v) is 9.00. The first-order valence-electron chi connectivity index (χ1n) is 4.78. The number of aliphatic hydroxyl groups is 1. The first-order valence-corrected chi connectivity index (χ1v) is 4.78.